The summed E-state index contributed by atoms with van der Waals surface area (Å²) in [5.41, 5.74) is 0.883. The minimum atomic E-state index is -0.803. The van der Waals surface area contributed by atoms with Crippen LogP contribution in [0.25, 0.3) is 0 Å². The van der Waals surface area contributed by atoms with E-state index in [4.69, 9.17) is 9.47 Å². The smallest absolute Gasteiger partial charge is 0.329 e. The Bertz CT molecular complexity index is 779. The van der Waals surface area contributed by atoms with Crippen LogP contribution < -0.4 is 10.1 Å². The largest absolute Gasteiger partial charge is 0.496 e. The second-order valence-electron chi connectivity index (χ2n) is 6.27. The average molecular weight is 373 g/mol. The Kier molecular flexibility index (Phi) is 7.34. The first kappa shape index (κ1) is 20.4. The summed E-state index contributed by atoms with van der Waals surface area (Å²) in [6.45, 7) is 3.64. The first-order chi connectivity index (χ1) is 13.0. The van der Waals surface area contributed by atoms with E-state index in [1.807, 2.05) is 19.9 Å². The molecule has 0 aliphatic rings. The third kappa shape index (κ3) is 5.54. The van der Waals surface area contributed by atoms with E-state index in [-0.39, 0.29) is 18.4 Å². The van der Waals surface area contributed by atoms with Crippen molar-refractivity contribution in [3.63, 3.8) is 0 Å². The maximum absolute atomic E-state index is 13.5. The Morgan fingerprint density at radius 3 is 2.48 bits per heavy atom. The van der Waals surface area contributed by atoms with Crippen molar-refractivity contribution >= 4 is 11.9 Å². The molecule has 0 saturated heterocycles. The van der Waals surface area contributed by atoms with E-state index in [2.05, 4.69) is 5.32 Å². The van der Waals surface area contributed by atoms with Crippen LogP contribution in [0.1, 0.15) is 36.2 Å². The second kappa shape index (κ2) is 9.71. The van der Waals surface area contributed by atoms with E-state index in [0.29, 0.717) is 23.3 Å². The fourth-order valence-electron chi connectivity index (χ4n) is 2.58. The zero-order valence-electron chi connectivity index (χ0n) is 15.7. The first-order valence-corrected chi connectivity index (χ1v) is 8.81. The van der Waals surface area contributed by atoms with E-state index in [0.717, 1.165) is 0 Å². The number of carbonyl (C=O) groups is 2. The van der Waals surface area contributed by atoms with Crippen molar-refractivity contribution in [3.8, 4) is 5.75 Å². The lowest BCUT2D eigenvalue weighted by molar-refractivity contribution is -0.148. The van der Waals surface area contributed by atoms with Gasteiger partial charge in [0.05, 0.1) is 7.11 Å². The Hall–Kier alpha value is -2.89. The minimum absolute atomic E-state index is 0.125. The molecule has 2 aromatic rings. The molecule has 0 aromatic heterocycles. The summed E-state index contributed by atoms with van der Waals surface area (Å²) in [5, 5.41) is 2.74. The van der Waals surface area contributed by atoms with Crippen LogP contribution in [0.5, 0.6) is 5.75 Å². The van der Waals surface area contributed by atoms with Crippen LogP contribution in [0.15, 0.2) is 48.5 Å². The molecule has 0 unspecified atom stereocenters. The fourth-order valence-corrected chi connectivity index (χ4v) is 2.58. The van der Waals surface area contributed by atoms with E-state index >= 15 is 0 Å². The van der Waals surface area contributed by atoms with Crippen LogP contribution in [-0.2, 0) is 16.1 Å². The van der Waals surface area contributed by atoms with Gasteiger partial charge in [-0.25, -0.2) is 9.18 Å². The zero-order valence-corrected chi connectivity index (χ0v) is 15.7. The maximum Gasteiger partial charge on any atom is 0.329 e. The number of esters is 1. The zero-order chi connectivity index (χ0) is 19.8. The number of hydrogen-bond donors (Lipinski definition) is 1. The molecule has 0 saturated carbocycles. The number of ether oxygens (including phenoxy) is 2. The van der Waals surface area contributed by atoms with Gasteiger partial charge in [-0.15, -0.1) is 0 Å². The third-order valence-corrected chi connectivity index (χ3v) is 4.40. The molecule has 27 heavy (non-hydrogen) atoms. The van der Waals surface area contributed by atoms with Crippen molar-refractivity contribution in [2.45, 2.75) is 32.9 Å². The van der Waals surface area contributed by atoms with Gasteiger partial charge in [0.25, 0.3) is 5.91 Å². The molecule has 0 fully saturated rings. The van der Waals surface area contributed by atoms with Crippen LogP contribution in [0.4, 0.5) is 4.39 Å². The van der Waals surface area contributed by atoms with Gasteiger partial charge in [-0.1, -0.05) is 38.5 Å². The van der Waals surface area contributed by atoms with Crippen molar-refractivity contribution in [3.05, 3.63) is 65.5 Å². The molecule has 1 amide bonds. The van der Waals surface area contributed by atoms with Gasteiger partial charge in [-0.3, -0.25) is 4.79 Å². The van der Waals surface area contributed by atoms with E-state index < -0.39 is 17.8 Å². The van der Waals surface area contributed by atoms with Crippen LogP contribution in [-0.4, -0.2) is 25.0 Å². The highest BCUT2D eigenvalue weighted by molar-refractivity contribution is 5.96. The van der Waals surface area contributed by atoms with Crippen molar-refractivity contribution in [1.29, 1.82) is 0 Å². The van der Waals surface area contributed by atoms with Gasteiger partial charge in [0.1, 0.15) is 24.2 Å². The van der Waals surface area contributed by atoms with E-state index in [1.165, 1.54) is 25.3 Å². The van der Waals surface area contributed by atoms with Crippen LogP contribution in [0, 0.1) is 11.7 Å². The molecule has 1 N–H and O–H groups in total. The van der Waals surface area contributed by atoms with E-state index in [9.17, 15) is 14.0 Å². The molecule has 2 atom stereocenters. The number of carbonyl (C=O) groups excluding carboxylic acids is 2. The monoisotopic (exact) mass is 373 g/mol. The summed E-state index contributed by atoms with van der Waals surface area (Å²) >= 11 is 0. The highest BCUT2D eigenvalue weighted by Gasteiger charge is 2.28. The van der Waals surface area contributed by atoms with Gasteiger partial charge >= 0.3 is 5.97 Å². The molecular formula is C21H24FNO4. The van der Waals surface area contributed by atoms with Crippen LogP contribution in [0.3, 0.4) is 0 Å². The number of benzene rings is 2. The lowest BCUT2D eigenvalue weighted by Gasteiger charge is -2.23. The van der Waals surface area contributed by atoms with Crippen molar-refractivity contribution < 1.29 is 23.5 Å². The predicted molar refractivity (Wildman–Crippen MR) is 99.9 cm³/mol. The summed E-state index contributed by atoms with van der Waals surface area (Å²) in [5.74, 6) is -1.06. The molecule has 144 valence electrons. The van der Waals surface area contributed by atoms with Gasteiger partial charge in [0.2, 0.25) is 0 Å². The molecule has 0 radical (unpaired) electrons. The Balaban J connectivity index is 2.09. The molecule has 0 spiro atoms. The summed E-state index contributed by atoms with van der Waals surface area (Å²) in [6.07, 6.45) is 0.679. The van der Waals surface area contributed by atoms with E-state index in [1.54, 1.807) is 24.3 Å². The highest BCUT2D eigenvalue weighted by Crippen LogP contribution is 2.21. The van der Waals surface area contributed by atoms with Gasteiger partial charge in [-0.05, 0) is 36.2 Å². The van der Waals surface area contributed by atoms with Crippen molar-refractivity contribution in [2.24, 2.45) is 5.92 Å². The molecule has 2 aromatic carbocycles. The highest BCUT2D eigenvalue weighted by atomic mass is 19.1. The van der Waals surface area contributed by atoms with Gasteiger partial charge in [-0.2, -0.15) is 0 Å². The predicted octanol–water partition coefficient (Wildman–Crippen LogP) is 3.72. The molecule has 0 bridgehead atoms. The van der Waals surface area contributed by atoms with Gasteiger partial charge in [0.15, 0.2) is 0 Å². The normalized spacial score (nSPS) is 12.7. The Morgan fingerprint density at radius 1 is 1.15 bits per heavy atom. The quantitative estimate of drug-likeness (QED) is 0.716. The SMILES string of the molecule is CC[C@@H](C)[C@@H](NC(=O)c1ccccc1)C(=O)OCc1cc(F)ccc1OC. The van der Waals surface area contributed by atoms with Gasteiger partial charge in [0, 0.05) is 11.1 Å². The molecule has 0 aliphatic heterocycles. The Morgan fingerprint density at radius 2 is 1.85 bits per heavy atom. The average Bonchev–Trinajstić information content (AvgIpc) is 2.70. The van der Waals surface area contributed by atoms with Crippen LogP contribution >= 0.6 is 0 Å². The number of rotatable bonds is 8. The summed E-state index contributed by atoms with van der Waals surface area (Å²) in [7, 11) is 1.46. The molecule has 5 nitrogen and oxygen atoms in total. The summed E-state index contributed by atoms with van der Waals surface area (Å²) in [6, 6.07) is 11.9. The maximum atomic E-state index is 13.5. The molecule has 0 heterocycles. The standard InChI is InChI=1S/C21H24FNO4/c1-4-14(2)19(23-20(24)15-8-6-5-7-9-15)21(25)27-13-16-12-17(22)10-11-18(16)26-3/h5-12,14,19H,4,13H2,1-3H3,(H,23,24)/t14-,19-/m1/s1. The topological polar surface area (TPSA) is 64.6 Å². The fraction of sp³-hybridized carbons (Fsp3) is 0.333. The first-order valence-electron chi connectivity index (χ1n) is 8.81. The second-order valence-corrected chi connectivity index (χ2v) is 6.27. The van der Waals surface area contributed by atoms with Crippen molar-refractivity contribution in [1.82, 2.24) is 5.32 Å². The molecule has 2 rings (SSSR count). The van der Waals surface area contributed by atoms with Crippen LogP contribution in [0.2, 0.25) is 0 Å². The molecular weight excluding hydrogens is 349 g/mol. The minimum Gasteiger partial charge on any atom is -0.496 e. The number of amides is 1. The number of hydrogen-bond acceptors (Lipinski definition) is 4. The lowest BCUT2D eigenvalue weighted by Crippen LogP contribution is -2.45. The van der Waals surface area contributed by atoms with Gasteiger partial charge < -0.3 is 14.8 Å². The Labute approximate surface area is 158 Å². The van der Waals surface area contributed by atoms with Crippen molar-refractivity contribution in [2.75, 3.05) is 7.11 Å². The number of halogens is 1. The lowest BCUT2D eigenvalue weighted by atomic mass is 9.98. The summed E-state index contributed by atoms with van der Waals surface area (Å²) < 4.78 is 24.0. The molecule has 0 aliphatic carbocycles. The number of nitrogens with one attached hydrogen (secondary N) is 1. The summed E-state index contributed by atoms with van der Waals surface area (Å²) in [4.78, 5) is 25.0. The third-order valence-electron chi connectivity index (χ3n) is 4.40. The number of methoxy groups -OCH3 is 1. The molecule has 6 heteroatoms.